The number of hydrogen-bond acceptors (Lipinski definition) is 5. The van der Waals surface area contributed by atoms with Gasteiger partial charge < -0.3 is 15.4 Å². The molecule has 6 nitrogen and oxygen atoms in total. The van der Waals surface area contributed by atoms with Crippen LogP contribution in [0.25, 0.3) is 0 Å². The van der Waals surface area contributed by atoms with Crippen molar-refractivity contribution >= 4 is 29.0 Å². The fourth-order valence-corrected chi connectivity index (χ4v) is 1.84. The Morgan fingerprint density at radius 3 is 2.59 bits per heavy atom. The van der Waals surface area contributed by atoms with Crippen molar-refractivity contribution < 1.29 is 9.53 Å². The molecule has 1 aromatic heterocycles. The number of hydrogen-bond donors (Lipinski definition) is 2. The van der Waals surface area contributed by atoms with Gasteiger partial charge in [0, 0.05) is 31.0 Å². The van der Waals surface area contributed by atoms with Gasteiger partial charge in [-0.2, -0.15) is 0 Å². The van der Waals surface area contributed by atoms with Crippen LogP contribution in [-0.4, -0.2) is 36.4 Å². The van der Waals surface area contributed by atoms with Crippen LogP contribution in [-0.2, 0) is 4.74 Å². The van der Waals surface area contributed by atoms with Crippen molar-refractivity contribution in [2.45, 2.75) is 6.42 Å². The van der Waals surface area contributed by atoms with Crippen LogP contribution < -0.4 is 10.6 Å². The molecule has 2 N–H and O–H groups in total. The topological polar surface area (TPSA) is 76.1 Å². The van der Waals surface area contributed by atoms with Gasteiger partial charge in [0.05, 0.1) is 0 Å². The van der Waals surface area contributed by atoms with Gasteiger partial charge in [-0.1, -0.05) is 11.6 Å². The molecule has 0 fully saturated rings. The van der Waals surface area contributed by atoms with Crippen LogP contribution in [0.2, 0.25) is 5.02 Å². The molecule has 22 heavy (non-hydrogen) atoms. The molecule has 116 valence electrons. The minimum atomic E-state index is -0.248. The Kier molecular flexibility index (Phi) is 6.12. The molecule has 0 aliphatic heterocycles. The molecular weight excluding hydrogens is 304 g/mol. The van der Waals surface area contributed by atoms with Gasteiger partial charge in [0.15, 0.2) is 11.5 Å². The van der Waals surface area contributed by atoms with Crippen LogP contribution in [0.15, 0.2) is 36.4 Å². The lowest BCUT2D eigenvalue weighted by Crippen LogP contribution is -2.26. The second-order valence-electron chi connectivity index (χ2n) is 4.54. The summed E-state index contributed by atoms with van der Waals surface area (Å²) in [5, 5.41) is 14.4. The number of amides is 1. The van der Waals surface area contributed by atoms with Gasteiger partial charge in [0.1, 0.15) is 0 Å². The fourth-order valence-electron chi connectivity index (χ4n) is 1.71. The summed E-state index contributed by atoms with van der Waals surface area (Å²) in [4.78, 5) is 11.8. The third-order valence-electron chi connectivity index (χ3n) is 2.82. The number of anilines is 2. The third kappa shape index (κ3) is 4.98. The molecule has 0 unspecified atom stereocenters. The van der Waals surface area contributed by atoms with E-state index in [1.807, 2.05) is 12.1 Å². The van der Waals surface area contributed by atoms with Crippen molar-refractivity contribution in [1.82, 2.24) is 15.5 Å². The summed E-state index contributed by atoms with van der Waals surface area (Å²) in [5.74, 6) is 0.305. The Labute approximate surface area is 133 Å². The SMILES string of the molecule is COCCCNC(=O)c1ccc(Nc2ccc(Cl)cc2)nn1. The number of rotatable bonds is 7. The van der Waals surface area contributed by atoms with Gasteiger partial charge in [-0.25, -0.2) is 0 Å². The van der Waals surface area contributed by atoms with Crippen molar-refractivity contribution in [3.8, 4) is 0 Å². The Bertz CT molecular complexity index is 602. The zero-order chi connectivity index (χ0) is 15.8. The number of ether oxygens (including phenoxy) is 1. The molecule has 0 bridgehead atoms. The first-order chi connectivity index (χ1) is 10.7. The van der Waals surface area contributed by atoms with E-state index in [1.165, 1.54) is 0 Å². The van der Waals surface area contributed by atoms with E-state index in [-0.39, 0.29) is 11.6 Å². The van der Waals surface area contributed by atoms with Gasteiger partial charge in [0.2, 0.25) is 0 Å². The Morgan fingerprint density at radius 2 is 1.95 bits per heavy atom. The second kappa shape index (κ2) is 8.31. The quantitative estimate of drug-likeness (QED) is 0.767. The summed E-state index contributed by atoms with van der Waals surface area (Å²) in [5.41, 5.74) is 1.12. The lowest BCUT2D eigenvalue weighted by Gasteiger charge is -2.06. The Hall–Kier alpha value is -2.18. The maximum absolute atomic E-state index is 11.8. The van der Waals surface area contributed by atoms with E-state index in [4.69, 9.17) is 16.3 Å². The van der Waals surface area contributed by atoms with E-state index < -0.39 is 0 Å². The zero-order valence-electron chi connectivity index (χ0n) is 12.2. The highest BCUT2D eigenvalue weighted by Crippen LogP contribution is 2.17. The van der Waals surface area contributed by atoms with Crippen molar-refractivity contribution in [2.24, 2.45) is 0 Å². The molecule has 0 saturated heterocycles. The molecule has 2 aromatic rings. The minimum absolute atomic E-state index is 0.248. The molecule has 2 rings (SSSR count). The van der Waals surface area contributed by atoms with E-state index in [0.29, 0.717) is 24.0 Å². The van der Waals surface area contributed by atoms with E-state index >= 15 is 0 Å². The monoisotopic (exact) mass is 320 g/mol. The van der Waals surface area contributed by atoms with E-state index in [9.17, 15) is 4.79 Å². The van der Waals surface area contributed by atoms with Gasteiger partial charge >= 0.3 is 0 Å². The Morgan fingerprint density at radius 1 is 1.18 bits per heavy atom. The summed E-state index contributed by atoms with van der Waals surface area (Å²) >= 11 is 5.82. The molecule has 0 aliphatic rings. The molecular formula is C15H17ClN4O2. The molecule has 0 radical (unpaired) electrons. The molecule has 1 aromatic carbocycles. The lowest BCUT2D eigenvalue weighted by atomic mass is 10.3. The van der Waals surface area contributed by atoms with Gasteiger partial charge in [-0.05, 0) is 42.8 Å². The molecule has 0 aliphatic carbocycles. The smallest absolute Gasteiger partial charge is 0.271 e. The molecule has 7 heteroatoms. The number of carbonyl (C=O) groups excluding carboxylic acids is 1. The van der Waals surface area contributed by atoms with Crippen LogP contribution in [0, 0.1) is 0 Å². The fraction of sp³-hybridized carbons (Fsp3) is 0.267. The van der Waals surface area contributed by atoms with Gasteiger partial charge in [-0.15, -0.1) is 10.2 Å². The molecule has 0 spiro atoms. The molecule has 1 amide bonds. The molecule has 1 heterocycles. The average Bonchev–Trinajstić information content (AvgIpc) is 2.54. The van der Waals surface area contributed by atoms with Crippen LogP contribution in [0.5, 0.6) is 0 Å². The standard InChI is InChI=1S/C15H17ClN4O2/c1-22-10-2-9-17-15(21)13-7-8-14(20-19-13)18-12-5-3-11(16)4-6-12/h3-8H,2,9-10H2,1H3,(H,17,21)(H,18,20). The summed E-state index contributed by atoms with van der Waals surface area (Å²) in [7, 11) is 1.62. The Balaban J connectivity index is 1.89. The maximum Gasteiger partial charge on any atom is 0.271 e. The van der Waals surface area contributed by atoms with Crippen LogP contribution >= 0.6 is 11.6 Å². The lowest BCUT2D eigenvalue weighted by molar-refractivity contribution is 0.0942. The van der Waals surface area contributed by atoms with Crippen molar-refractivity contribution in [3.05, 3.63) is 47.1 Å². The number of halogens is 1. The predicted molar refractivity (Wildman–Crippen MR) is 85.6 cm³/mol. The first-order valence-corrected chi connectivity index (χ1v) is 7.20. The summed E-state index contributed by atoms with van der Waals surface area (Å²) in [6, 6.07) is 10.5. The van der Waals surface area contributed by atoms with Crippen molar-refractivity contribution in [1.29, 1.82) is 0 Å². The van der Waals surface area contributed by atoms with Gasteiger partial charge in [0.25, 0.3) is 5.91 Å². The second-order valence-corrected chi connectivity index (χ2v) is 4.97. The van der Waals surface area contributed by atoms with Crippen molar-refractivity contribution in [2.75, 3.05) is 25.6 Å². The first kappa shape index (κ1) is 16.2. The number of benzene rings is 1. The van der Waals surface area contributed by atoms with Gasteiger partial charge in [-0.3, -0.25) is 4.79 Å². The number of carbonyl (C=O) groups is 1. The number of nitrogens with zero attached hydrogens (tertiary/aromatic N) is 2. The summed E-state index contributed by atoms with van der Waals surface area (Å²) in [6.07, 6.45) is 0.756. The number of nitrogens with one attached hydrogen (secondary N) is 2. The average molecular weight is 321 g/mol. The summed E-state index contributed by atoms with van der Waals surface area (Å²) in [6.45, 7) is 1.15. The highest BCUT2D eigenvalue weighted by molar-refractivity contribution is 6.30. The minimum Gasteiger partial charge on any atom is -0.385 e. The van der Waals surface area contributed by atoms with Crippen molar-refractivity contribution in [3.63, 3.8) is 0 Å². The largest absolute Gasteiger partial charge is 0.385 e. The van der Waals surface area contributed by atoms with E-state index in [2.05, 4.69) is 20.8 Å². The number of aromatic nitrogens is 2. The van der Waals surface area contributed by atoms with E-state index in [1.54, 1.807) is 31.4 Å². The summed E-state index contributed by atoms with van der Waals surface area (Å²) < 4.78 is 4.91. The highest BCUT2D eigenvalue weighted by Gasteiger charge is 2.07. The first-order valence-electron chi connectivity index (χ1n) is 6.82. The van der Waals surface area contributed by atoms with E-state index in [0.717, 1.165) is 12.1 Å². The van der Waals surface area contributed by atoms with Crippen LogP contribution in [0.1, 0.15) is 16.9 Å². The molecule has 0 saturated carbocycles. The maximum atomic E-state index is 11.8. The molecule has 0 atom stereocenters. The van der Waals surface area contributed by atoms with Crippen LogP contribution in [0.4, 0.5) is 11.5 Å². The highest BCUT2D eigenvalue weighted by atomic mass is 35.5. The van der Waals surface area contributed by atoms with Crippen LogP contribution in [0.3, 0.4) is 0 Å². The third-order valence-corrected chi connectivity index (χ3v) is 3.08. The normalized spacial score (nSPS) is 10.3. The zero-order valence-corrected chi connectivity index (χ0v) is 12.9. The predicted octanol–water partition coefficient (Wildman–Crippen LogP) is 2.64. The number of methoxy groups -OCH3 is 1.